The van der Waals surface area contributed by atoms with Crippen LogP contribution in [0.25, 0.3) is 0 Å². The van der Waals surface area contributed by atoms with Crippen LogP contribution < -0.4 is 5.73 Å². The van der Waals surface area contributed by atoms with Gasteiger partial charge in [0, 0.05) is 12.0 Å². The zero-order valence-corrected chi connectivity index (χ0v) is 8.04. The van der Waals surface area contributed by atoms with Crippen LogP contribution in [0.5, 0.6) is 0 Å². The Labute approximate surface area is 76.5 Å². The molecule has 0 aliphatic heterocycles. The largest absolute Gasteiger partial charge is 0.389 e. The second-order valence-corrected chi connectivity index (χ2v) is 4.66. The first-order valence-corrected chi connectivity index (χ1v) is 4.52. The van der Waals surface area contributed by atoms with Gasteiger partial charge >= 0.3 is 6.18 Å². The van der Waals surface area contributed by atoms with Gasteiger partial charge in [-0.25, -0.2) is 0 Å². The third kappa shape index (κ3) is 2.59. The normalized spacial score (nSPS) is 21.7. The van der Waals surface area contributed by atoms with Crippen molar-refractivity contribution >= 4 is 0 Å². The van der Waals surface area contributed by atoms with Crippen LogP contribution >= 0.6 is 0 Å². The lowest BCUT2D eigenvalue weighted by Crippen LogP contribution is -2.40. The molecular formula is C9H16F3N. The highest BCUT2D eigenvalue weighted by atomic mass is 19.4. The molecule has 1 fully saturated rings. The van der Waals surface area contributed by atoms with Gasteiger partial charge in [-0.1, -0.05) is 13.8 Å². The van der Waals surface area contributed by atoms with Gasteiger partial charge < -0.3 is 5.73 Å². The van der Waals surface area contributed by atoms with Crippen molar-refractivity contribution in [2.24, 2.45) is 11.1 Å². The highest BCUT2D eigenvalue weighted by Crippen LogP contribution is 2.50. The Morgan fingerprint density at radius 2 is 1.62 bits per heavy atom. The first-order chi connectivity index (χ1) is 5.66. The molecule has 4 heteroatoms. The topological polar surface area (TPSA) is 26.0 Å². The van der Waals surface area contributed by atoms with Crippen LogP contribution in [0, 0.1) is 5.41 Å². The van der Waals surface area contributed by atoms with Gasteiger partial charge in [0.05, 0.1) is 0 Å². The van der Waals surface area contributed by atoms with Gasteiger partial charge in [0.15, 0.2) is 0 Å². The fourth-order valence-electron chi connectivity index (χ4n) is 1.51. The molecule has 0 aromatic heterocycles. The maximum Gasteiger partial charge on any atom is 0.389 e. The Kier molecular flexibility index (Phi) is 2.39. The summed E-state index contributed by atoms with van der Waals surface area (Å²) < 4.78 is 35.9. The average Bonchev–Trinajstić information content (AvgIpc) is 2.64. The third-order valence-corrected chi connectivity index (χ3v) is 3.17. The molecular weight excluding hydrogens is 179 g/mol. The molecule has 1 nitrogen and oxygen atoms in total. The number of hydrogen-bond donors (Lipinski definition) is 1. The molecule has 1 saturated carbocycles. The molecule has 0 atom stereocenters. The van der Waals surface area contributed by atoms with E-state index >= 15 is 0 Å². The summed E-state index contributed by atoms with van der Waals surface area (Å²) >= 11 is 0. The Bertz CT molecular complexity index is 192. The van der Waals surface area contributed by atoms with Gasteiger partial charge in [-0.15, -0.1) is 0 Å². The number of hydrogen-bond acceptors (Lipinski definition) is 1. The Morgan fingerprint density at radius 3 is 1.92 bits per heavy atom. The molecule has 1 aliphatic rings. The minimum Gasteiger partial charge on any atom is -0.325 e. The number of halogens is 3. The Morgan fingerprint density at radius 1 is 1.15 bits per heavy atom. The molecule has 0 radical (unpaired) electrons. The molecule has 13 heavy (non-hydrogen) atoms. The first kappa shape index (κ1) is 10.8. The molecule has 1 aliphatic carbocycles. The summed E-state index contributed by atoms with van der Waals surface area (Å²) in [5, 5.41) is 0. The second kappa shape index (κ2) is 2.87. The summed E-state index contributed by atoms with van der Waals surface area (Å²) in [4.78, 5) is 0. The smallest absolute Gasteiger partial charge is 0.325 e. The molecule has 0 amide bonds. The third-order valence-electron chi connectivity index (χ3n) is 3.17. The van der Waals surface area contributed by atoms with E-state index in [2.05, 4.69) is 0 Å². The Hall–Kier alpha value is -0.250. The predicted molar refractivity (Wildman–Crippen MR) is 45.2 cm³/mol. The van der Waals surface area contributed by atoms with Gasteiger partial charge in [0.2, 0.25) is 0 Å². The van der Waals surface area contributed by atoms with Crippen molar-refractivity contribution in [2.45, 2.75) is 51.2 Å². The number of alkyl halides is 3. The minimum absolute atomic E-state index is 0.132. The van der Waals surface area contributed by atoms with Crippen LogP contribution in [0.3, 0.4) is 0 Å². The van der Waals surface area contributed by atoms with E-state index in [4.69, 9.17) is 5.73 Å². The first-order valence-electron chi connectivity index (χ1n) is 4.52. The SMILES string of the molecule is CC(C)(CCC(F)(F)F)C1(N)CC1. The van der Waals surface area contributed by atoms with Crippen LogP contribution in [-0.2, 0) is 0 Å². The zero-order valence-electron chi connectivity index (χ0n) is 8.04. The summed E-state index contributed by atoms with van der Waals surface area (Å²) in [7, 11) is 0. The van der Waals surface area contributed by atoms with E-state index in [1.54, 1.807) is 0 Å². The van der Waals surface area contributed by atoms with Crippen LogP contribution in [0.15, 0.2) is 0 Å². The molecule has 78 valence electrons. The summed E-state index contributed by atoms with van der Waals surface area (Å²) in [5.74, 6) is 0. The predicted octanol–water partition coefficient (Wildman–Crippen LogP) is 2.85. The maximum absolute atomic E-state index is 12.0. The second-order valence-electron chi connectivity index (χ2n) is 4.66. The van der Waals surface area contributed by atoms with Crippen molar-refractivity contribution in [3.63, 3.8) is 0 Å². The van der Waals surface area contributed by atoms with Crippen molar-refractivity contribution in [3.8, 4) is 0 Å². The van der Waals surface area contributed by atoms with Gasteiger partial charge in [-0.3, -0.25) is 0 Å². The highest BCUT2D eigenvalue weighted by Gasteiger charge is 2.51. The minimum atomic E-state index is -4.05. The van der Waals surface area contributed by atoms with Crippen molar-refractivity contribution in [2.75, 3.05) is 0 Å². The van der Waals surface area contributed by atoms with E-state index in [9.17, 15) is 13.2 Å². The average molecular weight is 195 g/mol. The molecule has 0 bridgehead atoms. The van der Waals surface area contributed by atoms with E-state index < -0.39 is 12.6 Å². The number of rotatable bonds is 3. The lowest BCUT2D eigenvalue weighted by molar-refractivity contribution is -0.140. The lowest BCUT2D eigenvalue weighted by atomic mass is 9.78. The molecule has 0 unspecified atom stereocenters. The molecule has 0 saturated heterocycles. The van der Waals surface area contributed by atoms with E-state index in [0.29, 0.717) is 0 Å². The summed E-state index contributed by atoms with van der Waals surface area (Å²) in [6, 6.07) is 0. The van der Waals surface area contributed by atoms with E-state index in [0.717, 1.165) is 12.8 Å². The standard InChI is InChI=1S/C9H16F3N/c1-7(2,8(13)4-5-8)3-6-9(10,11)12/h3-6,13H2,1-2H3. The van der Waals surface area contributed by atoms with Crippen molar-refractivity contribution in [3.05, 3.63) is 0 Å². The van der Waals surface area contributed by atoms with Crippen LogP contribution in [0.4, 0.5) is 13.2 Å². The monoisotopic (exact) mass is 195 g/mol. The number of nitrogens with two attached hydrogens (primary N) is 1. The van der Waals surface area contributed by atoms with Crippen molar-refractivity contribution in [1.82, 2.24) is 0 Å². The molecule has 1 rings (SSSR count). The van der Waals surface area contributed by atoms with E-state index in [1.807, 2.05) is 13.8 Å². The molecule has 2 N–H and O–H groups in total. The molecule has 0 heterocycles. The van der Waals surface area contributed by atoms with Crippen LogP contribution in [0.2, 0.25) is 0 Å². The summed E-state index contributed by atoms with van der Waals surface area (Å²) in [5.41, 5.74) is 5.16. The quantitative estimate of drug-likeness (QED) is 0.736. The Balaban J connectivity index is 2.44. The van der Waals surface area contributed by atoms with E-state index in [-0.39, 0.29) is 17.4 Å². The van der Waals surface area contributed by atoms with Crippen LogP contribution in [0.1, 0.15) is 39.5 Å². The lowest BCUT2D eigenvalue weighted by Gasteiger charge is -2.32. The maximum atomic E-state index is 12.0. The highest BCUT2D eigenvalue weighted by molar-refractivity contribution is 5.08. The van der Waals surface area contributed by atoms with E-state index in [1.165, 1.54) is 0 Å². The van der Waals surface area contributed by atoms with Gasteiger partial charge in [-0.05, 0) is 24.7 Å². The van der Waals surface area contributed by atoms with Gasteiger partial charge in [-0.2, -0.15) is 13.2 Å². The van der Waals surface area contributed by atoms with Gasteiger partial charge in [0.1, 0.15) is 0 Å². The van der Waals surface area contributed by atoms with Gasteiger partial charge in [0.25, 0.3) is 0 Å². The molecule has 0 spiro atoms. The molecule has 0 aromatic carbocycles. The van der Waals surface area contributed by atoms with Crippen LogP contribution in [-0.4, -0.2) is 11.7 Å². The van der Waals surface area contributed by atoms with Crippen molar-refractivity contribution in [1.29, 1.82) is 0 Å². The summed E-state index contributed by atoms with van der Waals surface area (Å²) in [6.45, 7) is 3.65. The fraction of sp³-hybridized carbons (Fsp3) is 1.00. The molecule has 0 aromatic rings. The summed E-state index contributed by atoms with van der Waals surface area (Å²) in [6.07, 6.45) is -2.93. The fourth-order valence-corrected chi connectivity index (χ4v) is 1.51. The van der Waals surface area contributed by atoms with Crippen molar-refractivity contribution < 1.29 is 13.2 Å². The zero-order chi connectivity index (χ0) is 10.3.